The van der Waals surface area contributed by atoms with E-state index in [1.165, 1.54) is 4.91 Å². The van der Waals surface area contributed by atoms with Crippen LogP contribution in [0, 0.1) is 0 Å². The second-order valence-corrected chi connectivity index (χ2v) is 5.95. The Labute approximate surface area is 93.8 Å². The minimum atomic E-state index is -0.605. The standard InChI is InChI=1S/C10H16O2S2/c1-3-13-9-5-6-10(8-11,12-7-9)14-4-2/h7-8H,3-6H2,1-2H3. The Morgan fingerprint density at radius 1 is 1.57 bits per heavy atom. The van der Waals surface area contributed by atoms with Crippen LogP contribution in [0.25, 0.3) is 0 Å². The Hall–Kier alpha value is -0.0900. The first kappa shape index (κ1) is 12.0. The van der Waals surface area contributed by atoms with E-state index in [-0.39, 0.29) is 0 Å². The van der Waals surface area contributed by atoms with Gasteiger partial charge in [-0.1, -0.05) is 13.8 Å². The lowest BCUT2D eigenvalue weighted by atomic mass is 10.2. The summed E-state index contributed by atoms with van der Waals surface area (Å²) in [5, 5.41) is 0. The van der Waals surface area contributed by atoms with Gasteiger partial charge in [0.1, 0.15) is 0 Å². The zero-order chi connectivity index (χ0) is 10.4. The van der Waals surface area contributed by atoms with Crippen molar-refractivity contribution in [2.24, 2.45) is 0 Å². The quantitative estimate of drug-likeness (QED) is 0.681. The van der Waals surface area contributed by atoms with Crippen LogP contribution < -0.4 is 0 Å². The van der Waals surface area contributed by atoms with Gasteiger partial charge in [0.25, 0.3) is 0 Å². The molecule has 1 rings (SSSR count). The van der Waals surface area contributed by atoms with Crippen LogP contribution in [0.2, 0.25) is 0 Å². The SMILES string of the molecule is CCSC1=COC(C=O)(SCC)CC1. The van der Waals surface area contributed by atoms with Crippen LogP contribution in [-0.4, -0.2) is 22.7 Å². The smallest absolute Gasteiger partial charge is 0.209 e. The number of carbonyl (C=O) groups is 1. The largest absolute Gasteiger partial charge is 0.476 e. The molecule has 0 fully saturated rings. The molecular weight excluding hydrogens is 216 g/mol. The van der Waals surface area contributed by atoms with Gasteiger partial charge in [-0.15, -0.1) is 23.5 Å². The van der Waals surface area contributed by atoms with Crippen molar-refractivity contribution in [2.45, 2.75) is 31.6 Å². The zero-order valence-electron chi connectivity index (χ0n) is 8.62. The average Bonchev–Trinajstić information content (AvgIpc) is 2.22. The third-order valence-corrected chi connectivity index (χ3v) is 4.14. The van der Waals surface area contributed by atoms with Gasteiger partial charge >= 0.3 is 0 Å². The van der Waals surface area contributed by atoms with Crippen molar-refractivity contribution >= 4 is 29.8 Å². The molecule has 4 heteroatoms. The Morgan fingerprint density at radius 3 is 2.79 bits per heavy atom. The molecule has 1 unspecified atom stereocenters. The predicted octanol–water partition coefficient (Wildman–Crippen LogP) is 3.04. The van der Waals surface area contributed by atoms with Gasteiger partial charge in [-0.2, -0.15) is 0 Å². The summed E-state index contributed by atoms with van der Waals surface area (Å²) in [4.78, 5) is 11.6. The van der Waals surface area contributed by atoms with E-state index in [1.807, 2.05) is 6.92 Å². The van der Waals surface area contributed by atoms with Gasteiger partial charge < -0.3 is 4.74 Å². The van der Waals surface area contributed by atoms with Gasteiger partial charge in [0.05, 0.1) is 6.26 Å². The number of hydrogen-bond acceptors (Lipinski definition) is 4. The molecule has 0 aromatic heterocycles. The second-order valence-electron chi connectivity index (χ2n) is 3.00. The molecule has 0 radical (unpaired) electrons. The topological polar surface area (TPSA) is 26.3 Å². The van der Waals surface area contributed by atoms with Crippen LogP contribution in [0.15, 0.2) is 11.2 Å². The molecule has 0 saturated carbocycles. The minimum Gasteiger partial charge on any atom is -0.476 e. The maximum atomic E-state index is 11.0. The molecular formula is C10H16O2S2. The van der Waals surface area contributed by atoms with Gasteiger partial charge in [-0.3, -0.25) is 4.79 Å². The molecule has 0 spiro atoms. The molecule has 2 nitrogen and oxygen atoms in total. The van der Waals surface area contributed by atoms with E-state index in [4.69, 9.17) is 4.74 Å². The van der Waals surface area contributed by atoms with E-state index in [1.54, 1.807) is 29.8 Å². The van der Waals surface area contributed by atoms with Crippen molar-refractivity contribution in [1.82, 2.24) is 0 Å². The van der Waals surface area contributed by atoms with E-state index in [2.05, 4.69) is 6.92 Å². The van der Waals surface area contributed by atoms with E-state index in [9.17, 15) is 4.79 Å². The Kier molecular flexibility index (Phi) is 4.89. The molecule has 0 bridgehead atoms. The number of carbonyl (C=O) groups excluding carboxylic acids is 1. The van der Waals surface area contributed by atoms with E-state index >= 15 is 0 Å². The first-order valence-electron chi connectivity index (χ1n) is 4.86. The monoisotopic (exact) mass is 232 g/mol. The van der Waals surface area contributed by atoms with E-state index in [0.29, 0.717) is 0 Å². The highest BCUT2D eigenvalue weighted by Crippen LogP contribution is 2.38. The fourth-order valence-corrected chi connectivity index (χ4v) is 3.00. The Morgan fingerprint density at radius 2 is 2.36 bits per heavy atom. The number of rotatable bonds is 5. The molecule has 0 aromatic rings. The summed E-state index contributed by atoms with van der Waals surface area (Å²) >= 11 is 3.37. The maximum absolute atomic E-state index is 11.0. The number of thioether (sulfide) groups is 2. The average molecular weight is 232 g/mol. The van der Waals surface area contributed by atoms with Gasteiger partial charge in [-0.05, 0) is 17.9 Å². The Balaban J connectivity index is 2.57. The van der Waals surface area contributed by atoms with E-state index < -0.39 is 4.93 Å². The molecule has 14 heavy (non-hydrogen) atoms. The number of aldehydes is 1. The lowest BCUT2D eigenvalue weighted by molar-refractivity contribution is -0.118. The summed E-state index contributed by atoms with van der Waals surface area (Å²) in [5.41, 5.74) is 0. The van der Waals surface area contributed by atoms with Crippen LogP contribution >= 0.6 is 23.5 Å². The van der Waals surface area contributed by atoms with Crippen molar-refractivity contribution in [3.05, 3.63) is 11.2 Å². The van der Waals surface area contributed by atoms with Crippen molar-refractivity contribution in [3.63, 3.8) is 0 Å². The first-order chi connectivity index (χ1) is 6.76. The highest BCUT2D eigenvalue weighted by Gasteiger charge is 2.33. The van der Waals surface area contributed by atoms with Crippen LogP contribution in [0.3, 0.4) is 0 Å². The molecule has 0 amide bonds. The third kappa shape index (κ3) is 2.95. The number of hydrogen-bond donors (Lipinski definition) is 0. The highest BCUT2D eigenvalue weighted by molar-refractivity contribution is 8.03. The molecule has 1 aliphatic heterocycles. The third-order valence-electron chi connectivity index (χ3n) is 2.01. The Bertz CT molecular complexity index is 228. The molecule has 0 aromatic carbocycles. The molecule has 0 saturated heterocycles. The first-order valence-corrected chi connectivity index (χ1v) is 6.83. The van der Waals surface area contributed by atoms with Crippen LogP contribution in [0.4, 0.5) is 0 Å². The van der Waals surface area contributed by atoms with Gasteiger partial charge in [0, 0.05) is 11.3 Å². The highest BCUT2D eigenvalue weighted by atomic mass is 32.2. The number of allylic oxidation sites excluding steroid dienone is 1. The van der Waals surface area contributed by atoms with Crippen LogP contribution in [0.1, 0.15) is 26.7 Å². The molecule has 0 N–H and O–H groups in total. The van der Waals surface area contributed by atoms with Crippen LogP contribution in [-0.2, 0) is 9.53 Å². The summed E-state index contributed by atoms with van der Waals surface area (Å²) in [6.45, 7) is 4.16. The fraction of sp³-hybridized carbons (Fsp3) is 0.700. The van der Waals surface area contributed by atoms with Crippen molar-refractivity contribution in [1.29, 1.82) is 0 Å². The predicted molar refractivity (Wildman–Crippen MR) is 63.5 cm³/mol. The van der Waals surface area contributed by atoms with Crippen molar-refractivity contribution < 1.29 is 9.53 Å². The van der Waals surface area contributed by atoms with Gasteiger partial charge in [0.15, 0.2) is 6.29 Å². The minimum absolute atomic E-state index is 0.605. The molecule has 0 aliphatic carbocycles. The summed E-state index contributed by atoms with van der Waals surface area (Å²) in [5.74, 6) is 1.97. The second kappa shape index (κ2) is 5.71. The summed E-state index contributed by atoms with van der Waals surface area (Å²) in [6, 6.07) is 0. The molecule has 80 valence electrons. The van der Waals surface area contributed by atoms with E-state index in [0.717, 1.165) is 30.6 Å². The molecule has 1 aliphatic rings. The molecule has 1 atom stereocenters. The fourth-order valence-electron chi connectivity index (χ4n) is 1.34. The van der Waals surface area contributed by atoms with Crippen molar-refractivity contribution in [3.8, 4) is 0 Å². The summed E-state index contributed by atoms with van der Waals surface area (Å²) in [7, 11) is 0. The molecule has 1 heterocycles. The lowest BCUT2D eigenvalue weighted by Crippen LogP contribution is -2.31. The van der Waals surface area contributed by atoms with Gasteiger partial charge in [0.2, 0.25) is 4.93 Å². The van der Waals surface area contributed by atoms with Crippen LogP contribution in [0.5, 0.6) is 0 Å². The lowest BCUT2D eigenvalue weighted by Gasteiger charge is -2.30. The maximum Gasteiger partial charge on any atom is 0.209 e. The normalized spacial score (nSPS) is 26.6. The van der Waals surface area contributed by atoms with Gasteiger partial charge in [-0.25, -0.2) is 0 Å². The van der Waals surface area contributed by atoms with Crippen molar-refractivity contribution in [2.75, 3.05) is 11.5 Å². The zero-order valence-corrected chi connectivity index (χ0v) is 10.2. The summed E-state index contributed by atoms with van der Waals surface area (Å²) in [6.07, 6.45) is 4.46. The summed E-state index contributed by atoms with van der Waals surface area (Å²) < 4.78 is 5.53. The number of ether oxygens (including phenoxy) is 1.